The Balaban J connectivity index is 1.94. The summed E-state index contributed by atoms with van der Waals surface area (Å²) in [6.45, 7) is -0.425. The highest BCUT2D eigenvalue weighted by Gasteiger charge is 2.30. The Hall–Kier alpha value is -2.77. The Bertz CT molecular complexity index is 714. The van der Waals surface area contributed by atoms with Crippen LogP contribution in [0.1, 0.15) is 5.56 Å². The summed E-state index contributed by atoms with van der Waals surface area (Å²) in [6.07, 6.45) is -4.44. The normalized spacial score (nSPS) is 11.0. The third-order valence-corrected chi connectivity index (χ3v) is 2.99. The van der Waals surface area contributed by atoms with Crippen molar-refractivity contribution < 1.29 is 31.8 Å². The molecule has 4 nitrogen and oxygen atoms in total. The van der Waals surface area contributed by atoms with Crippen LogP contribution in [0.2, 0.25) is 0 Å². The van der Waals surface area contributed by atoms with Gasteiger partial charge in [0.1, 0.15) is 17.3 Å². The van der Waals surface area contributed by atoms with E-state index in [2.05, 4.69) is 5.32 Å². The first-order chi connectivity index (χ1) is 11.3. The maximum atomic E-state index is 13.1. The van der Waals surface area contributed by atoms with E-state index in [4.69, 9.17) is 9.47 Å². The molecule has 0 spiro atoms. The van der Waals surface area contributed by atoms with Crippen molar-refractivity contribution in [3.05, 3.63) is 53.8 Å². The van der Waals surface area contributed by atoms with Gasteiger partial charge in [0.25, 0.3) is 5.91 Å². The van der Waals surface area contributed by atoms with E-state index in [-0.39, 0.29) is 17.2 Å². The van der Waals surface area contributed by atoms with Crippen molar-refractivity contribution >= 4 is 11.6 Å². The van der Waals surface area contributed by atoms with E-state index in [9.17, 15) is 22.4 Å². The minimum Gasteiger partial charge on any atom is -0.494 e. The lowest BCUT2D eigenvalue weighted by Gasteiger charge is -2.11. The Kier molecular flexibility index (Phi) is 5.28. The van der Waals surface area contributed by atoms with Gasteiger partial charge in [0.15, 0.2) is 6.61 Å². The first-order valence-electron chi connectivity index (χ1n) is 6.73. The molecule has 8 heteroatoms. The Morgan fingerprint density at radius 3 is 2.38 bits per heavy atom. The average molecular weight is 343 g/mol. The van der Waals surface area contributed by atoms with Gasteiger partial charge in [-0.05, 0) is 36.4 Å². The lowest BCUT2D eigenvalue weighted by molar-refractivity contribution is -0.137. The summed E-state index contributed by atoms with van der Waals surface area (Å²) < 4.78 is 60.4. The molecule has 0 saturated heterocycles. The van der Waals surface area contributed by atoms with Crippen molar-refractivity contribution in [1.82, 2.24) is 0 Å². The van der Waals surface area contributed by atoms with Gasteiger partial charge < -0.3 is 14.8 Å². The van der Waals surface area contributed by atoms with Crippen LogP contribution >= 0.6 is 0 Å². The van der Waals surface area contributed by atoms with Crippen molar-refractivity contribution in [2.24, 2.45) is 0 Å². The smallest absolute Gasteiger partial charge is 0.416 e. The van der Waals surface area contributed by atoms with Gasteiger partial charge in [0.2, 0.25) is 0 Å². The number of benzene rings is 2. The predicted octanol–water partition coefficient (Wildman–Crippen LogP) is 3.87. The second kappa shape index (κ2) is 7.20. The van der Waals surface area contributed by atoms with E-state index in [0.29, 0.717) is 0 Å². The fraction of sp³-hybridized carbons (Fsp3) is 0.188. The lowest BCUT2D eigenvalue weighted by Crippen LogP contribution is -2.20. The van der Waals surface area contributed by atoms with Gasteiger partial charge in [0.05, 0.1) is 18.4 Å². The van der Waals surface area contributed by atoms with E-state index >= 15 is 0 Å². The standard InChI is InChI=1S/C16H13F4NO3/c1-23-14-8-11(17)4-7-13(14)21-15(22)9-24-12-5-2-10(3-6-12)16(18,19)20/h2-8H,9H2,1H3,(H,21,22). The van der Waals surface area contributed by atoms with Gasteiger partial charge in [0, 0.05) is 6.07 Å². The van der Waals surface area contributed by atoms with Crippen LogP contribution in [-0.4, -0.2) is 19.6 Å². The molecule has 2 aromatic rings. The zero-order valence-corrected chi connectivity index (χ0v) is 12.5. The fourth-order valence-corrected chi connectivity index (χ4v) is 1.84. The van der Waals surface area contributed by atoms with Gasteiger partial charge in [-0.25, -0.2) is 4.39 Å². The van der Waals surface area contributed by atoms with Crippen molar-refractivity contribution in [3.63, 3.8) is 0 Å². The molecule has 0 aliphatic rings. The first-order valence-corrected chi connectivity index (χ1v) is 6.73. The molecular formula is C16H13F4NO3. The number of methoxy groups -OCH3 is 1. The molecule has 0 aliphatic carbocycles. The minimum atomic E-state index is -4.44. The molecule has 0 fully saturated rings. The second-order valence-corrected chi connectivity index (χ2v) is 4.70. The molecule has 0 heterocycles. The lowest BCUT2D eigenvalue weighted by atomic mass is 10.2. The number of carbonyl (C=O) groups excluding carboxylic acids is 1. The summed E-state index contributed by atoms with van der Waals surface area (Å²) in [5.41, 5.74) is -0.560. The Morgan fingerprint density at radius 1 is 1.12 bits per heavy atom. The molecule has 0 atom stereocenters. The van der Waals surface area contributed by atoms with Crippen LogP contribution in [0.5, 0.6) is 11.5 Å². The number of rotatable bonds is 5. The number of hydrogen-bond acceptors (Lipinski definition) is 3. The number of carbonyl (C=O) groups is 1. The third kappa shape index (κ3) is 4.61. The number of ether oxygens (including phenoxy) is 2. The number of hydrogen-bond donors (Lipinski definition) is 1. The van der Waals surface area contributed by atoms with Gasteiger partial charge in [-0.15, -0.1) is 0 Å². The van der Waals surface area contributed by atoms with Gasteiger partial charge in [-0.2, -0.15) is 13.2 Å². The molecule has 24 heavy (non-hydrogen) atoms. The SMILES string of the molecule is COc1cc(F)ccc1NC(=O)COc1ccc(C(F)(F)F)cc1. The summed E-state index contributed by atoms with van der Waals surface area (Å²) in [6, 6.07) is 7.53. The third-order valence-electron chi connectivity index (χ3n) is 2.99. The van der Waals surface area contributed by atoms with Crippen LogP contribution in [0.25, 0.3) is 0 Å². The highest BCUT2D eigenvalue weighted by molar-refractivity contribution is 5.93. The molecule has 2 rings (SSSR count). The van der Waals surface area contributed by atoms with Crippen LogP contribution in [-0.2, 0) is 11.0 Å². The van der Waals surface area contributed by atoms with E-state index in [1.165, 1.54) is 13.2 Å². The molecule has 0 radical (unpaired) electrons. The maximum absolute atomic E-state index is 13.1. The molecular weight excluding hydrogens is 330 g/mol. The van der Waals surface area contributed by atoms with E-state index in [1.807, 2.05) is 0 Å². The summed E-state index contributed by atoms with van der Waals surface area (Å²) >= 11 is 0. The average Bonchev–Trinajstić information content (AvgIpc) is 2.54. The number of anilines is 1. The van der Waals surface area contributed by atoms with Crippen molar-refractivity contribution in [1.29, 1.82) is 0 Å². The molecule has 1 N–H and O–H groups in total. The first kappa shape index (κ1) is 17.6. The van der Waals surface area contributed by atoms with Gasteiger partial charge in [-0.1, -0.05) is 0 Å². The van der Waals surface area contributed by atoms with E-state index in [0.717, 1.165) is 36.4 Å². The molecule has 0 aromatic heterocycles. The zero-order valence-electron chi connectivity index (χ0n) is 12.5. The van der Waals surface area contributed by atoms with Gasteiger partial charge in [-0.3, -0.25) is 4.79 Å². The summed E-state index contributed by atoms with van der Waals surface area (Å²) in [4.78, 5) is 11.8. The van der Waals surface area contributed by atoms with Crippen LogP contribution in [0.3, 0.4) is 0 Å². The minimum absolute atomic E-state index is 0.115. The molecule has 0 unspecified atom stereocenters. The van der Waals surface area contributed by atoms with Crippen LogP contribution in [0, 0.1) is 5.82 Å². The second-order valence-electron chi connectivity index (χ2n) is 4.70. The van der Waals surface area contributed by atoms with Gasteiger partial charge >= 0.3 is 6.18 Å². The van der Waals surface area contributed by atoms with Crippen LogP contribution < -0.4 is 14.8 Å². The highest BCUT2D eigenvalue weighted by Crippen LogP contribution is 2.30. The number of halogens is 4. The Morgan fingerprint density at radius 2 is 1.79 bits per heavy atom. The molecule has 128 valence electrons. The largest absolute Gasteiger partial charge is 0.494 e. The number of alkyl halides is 3. The number of amides is 1. The van der Waals surface area contributed by atoms with Crippen molar-refractivity contribution in [3.8, 4) is 11.5 Å². The van der Waals surface area contributed by atoms with E-state index < -0.39 is 30.1 Å². The molecule has 2 aromatic carbocycles. The quantitative estimate of drug-likeness (QED) is 0.839. The topological polar surface area (TPSA) is 47.6 Å². The summed E-state index contributed by atoms with van der Waals surface area (Å²) in [5.74, 6) is -0.840. The molecule has 0 aliphatic heterocycles. The highest BCUT2D eigenvalue weighted by atomic mass is 19.4. The Labute approximate surface area is 135 Å². The number of nitrogens with one attached hydrogen (secondary N) is 1. The monoisotopic (exact) mass is 343 g/mol. The van der Waals surface area contributed by atoms with Crippen LogP contribution in [0.15, 0.2) is 42.5 Å². The van der Waals surface area contributed by atoms with Crippen LogP contribution in [0.4, 0.5) is 23.2 Å². The predicted molar refractivity (Wildman–Crippen MR) is 78.5 cm³/mol. The zero-order chi connectivity index (χ0) is 17.7. The molecule has 1 amide bonds. The van der Waals surface area contributed by atoms with Crippen molar-refractivity contribution in [2.75, 3.05) is 19.0 Å². The molecule has 0 bridgehead atoms. The summed E-state index contributed by atoms with van der Waals surface area (Å²) in [5, 5.41) is 2.46. The molecule has 0 saturated carbocycles. The maximum Gasteiger partial charge on any atom is 0.416 e. The fourth-order valence-electron chi connectivity index (χ4n) is 1.84. The summed E-state index contributed by atoms with van der Waals surface area (Å²) in [7, 11) is 1.32. The van der Waals surface area contributed by atoms with E-state index in [1.54, 1.807) is 0 Å². The van der Waals surface area contributed by atoms with Crippen molar-refractivity contribution in [2.45, 2.75) is 6.18 Å².